The molecular weight excluding hydrogens is 252 g/mol. The summed E-state index contributed by atoms with van der Waals surface area (Å²) in [5, 5.41) is 11.2. The van der Waals surface area contributed by atoms with Crippen LogP contribution in [-0.4, -0.2) is 20.2 Å². The molecule has 2 N–H and O–H groups in total. The second-order valence-corrected chi connectivity index (χ2v) is 4.76. The number of nitrogen functional groups attached to an aromatic ring is 1. The lowest BCUT2D eigenvalue weighted by Crippen LogP contribution is -2.07. The largest absolute Gasteiger partial charge is 0.398 e. The highest BCUT2D eigenvalue weighted by Crippen LogP contribution is 2.26. The molecule has 7 heteroatoms. The molecule has 0 amide bonds. The quantitative estimate of drug-likeness (QED) is 0.862. The molecule has 0 saturated heterocycles. The van der Waals surface area contributed by atoms with Crippen LogP contribution < -0.4 is 5.73 Å². The highest BCUT2D eigenvalue weighted by molar-refractivity contribution is 5.71. The summed E-state index contributed by atoms with van der Waals surface area (Å²) in [4.78, 5) is 0. The molecule has 0 atom stereocenters. The van der Waals surface area contributed by atoms with E-state index in [1.54, 1.807) is 4.68 Å². The molecule has 0 radical (unpaired) electrons. The summed E-state index contributed by atoms with van der Waals surface area (Å²) < 4.78 is 27.9. The summed E-state index contributed by atoms with van der Waals surface area (Å²) in [5.41, 5.74) is 6.10. The van der Waals surface area contributed by atoms with Crippen molar-refractivity contribution in [1.82, 2.24) is 20.2 Å². The number of hydrogen-bond acceptors (Lipinski definition) is 4. The van der Waals surface area contributed by atoms with Crippen LogP contribution in [0.25, 0.3) is 11.4 Å². The predicted molar refractivity (Wildman–Crippen MR) is 67.0 cm³/mol. The van der Waals surface area contributed by atoms with Gasteiger partial charge < -0.3 is 5.73 Å². The maximum atomic E-state index is 13.3. The summed E-state index contributed by atoms with van der Waals surface area (Å²) in [7, 11) is 0. The van der Waals surface area contributed by atoms with Crippen LogP contribution in [0.15, 0.2) is 12.1 Å². The fraction of sp³-hybridized carbons (Fsp3) is 0.417. The van der Waals surface area contributed by atoms with Crippen molar-refractivity contribution in [3.8, 4) is 11.4 Å². The Balaban J connectivity index is 2.37. The third-order valence-electron chi connectivity index (χ3n) is 2.78. The topological polar surface area (TPSA) is 69.6 Å². The normalized spacial score (nSPS) is 11.2. The van der Waals surface area contributed by atoms with Gasteiger partial charge in [0, 0.05) is 23.9 Å². The number of benzene rings is 1. The maximum Gasteiger partial charge on any atom is 0.184 e. The van der Waals surface area contributed by atoms with Gasteiger partial charge >= 0.3 is 0 Å². The van der Waals surface area contributed by atoms with Crippen molar-refractivity contribution < 1.29 is 8.78 Å². The average molecular weight is 267 g/mol. The summed E-state index contributed by atoms with van der Waals surface area (Å²) in [5.74, 6) is -1.12. The van der Waals surface area contributed by atoms with Gasteiger partial charge in [-0.1, -0.05) is 13.8 Å². The van der Waals surface area contributed by atoms with Crippen LogP contribution in [0.5, 0.6) is 0 Å². The number of anilines is 1. The van der Waals surface area contributed by atoms with Gasteiger partial charge in [0.25, 0.3) is 0 Å². The number of aromatic nitrogens is 4. The maximum absolute atomic E-state index is 13.3. The molecule has 0 aliphatic carbocycles. The lowest BCUT2D eigenvalue weighted by molar-refractivity contribution is 0.480. The Morgan fingerprint density at radius 1 is 1.26 bits per heavy atom. The van der Waals surface area contributed by atoms with Crippen molar-refractivity contribution in [2.24, 2.45) is 5.92 Å². The second-order valence-electron chi connectivity index (χ2n) is 4.76. The molecule has 1 aromatic carbocycles. The van der Waals surface area contributed by atoms with Gasteiger partial charge in [0.15, 0.2) is 17.5 Å². The molecular formula is C12H15F2N5. The first-order chi connectivity index (χ1) is 8.99. The van der Waals surface area contributed by atoms with Crippen LogP contribution in [0.3, 0.4) is 0 Å². The van der Waals surface area contributed by atoms with E-state index in [9.17, 15) is 8.78 Å². The number of rotatable bonds is 4. The second kappa shape index (κ2) is 5.29. The van der Waals surface area contributed by atoms with Crippen molar-refractivity contribution >= 4 is 5.69 Å². The fourth-order valence-electron chi connectivity index (χ4n) is 1.68. The average Bonchev–Trinajstić information content (AvgIpc) is 2.79. The van der Waals surface area contributed by atoms with Crippen molar-refractivity contribution in [1.29, 1.82) is 0 Å². The summed E-state index contributed by atoms with van der Waals surface area (Å²) in [6.07, 6.45) is 0.877. The van der Waals surface area contributed by atoms with E-state index in [0.717, 1.165) is 18.6 Å². The zero-order valence-electron chi connectivity index (χ0n) is 10.8. The highest BCUT2D eigenvalue weighted by Gasteiger charge is 2.15. The van der Waals surface area contributed by atoms with Crippen LogP contribution in [0.1, 0.15) is 20.3 Å². The number of tetrazole rings is 1. The highest BCUT2D eigenvalue weighted by atomic mass is 19.2. The molecule has 1 heterocycles. The van der Waals surface area contributed by atoms with Crippen molar-refractivity contribution in [3.05, 3.63) is 23.8 Å². The van der Waals surface area contributed by atoms with E-state index < -0.39 is 11.6 Å². The third kappa shape index (κ3) is 2.86. The molecule has 0 saturated carbocycles. The Morgan fingerprint density at radius 3 is 2.63 bits per heavy atom. The Bertz CT molecular complexity index is 579. The lowest BCUT2D eigenvalue weighted by Gasteiger charge is -2.08. The minimum atomic E-state index is -0.984. The molecule has 0 aliphatic heterocycles. The van der Waals surface area contributed by atoms with E-state index in [-0.39, 0.29) is 5.69 Å². The van der Waals surface area contributed by atoms with E-state index in [2.05, 4.69) is 29.4 Å². The molecule has 0 spiro atoms. The van der Waals surface area contributed by atoms with Crippen LogP contribution >= 0.6 is 0 Å². The SMILES string of the molecule is CC(C)CCn1nnnc1-c1cc(F)c(F)cc1N. The van der Waals surface area contributed by atoms with E-state index in [0.29, 0.717) is 23.9 Å². The summed E-state index contributed by atoms with van der Waals surface area (Å²) >= 11 is 0. The van der Waals surface area contributed by atoms with Crippen LogP contribution in [0.2, 0.25) is 0 Å². The molecule has 0 aliphatic rings. The van der Waals surface area contributed by atoms with E-state index in [4.69, 9.17) is 5.73 Å². The van der Waals surface area contributed by atoms with Gasteiger partial charge in [0.05, 0.1) is 0 Å². The van der Waals surface area contributed by atoms with Crippen LogP contribution in [-0.2, 0) is 6.54 Å². The standard InChI is InChI=1S/C12H15F2N5/c1-7(2)3-4-19-12(16-17-18-19)8-5-9(13)10(14)6-11(8)15/h5-7H,3-4,15H2,1-2H3. The molecule has 0 unspecified atom stereocenters. The zero-order valence-corrected chi connectivity index (χ0v) is 10.8. The summed E-state index contributed by atoms with van der Waals surface area (Å²) in [6.45, 7) is 4.75. The van der Waals surface area contributed by atoms with Gasteiger partial charge in [-0.15, -0.1) is 5.10 Å². The Hall–Kier alpha value is -2.05. The predicted octanol–water partition coefficient (Wildman–Crippen LogP) is 2.25. The number of nitrogens with two attached hydrogens (primary N) is 1. The third-order valence-corrected chi connectivity index (χ3v) is 2.78. The zero-order chi connectivity index (χ0) is 14.0. The van der Waals surface area contributed by atoms with Gasteiger partial charge in [-0.05, 0) is 28.8 Å². The summed E-state index contributed by atoms with van der Waals surface area (Å²) in [6, 6.07) is 1.95. The number of aryl methyl sites for hydroxylation is 1. The molecule has 2 aromatic rings. The Morgan fingerprint density at radius 2 is 1.95 bits per heavy atom. The Kier molecular flexibility index (Phi) is 3.73. The molecule has 0 bridgehead atoms. The van der Waals surface area contributed by atoms with Crippen molar-refractivity contribution in [2.45, 2.75) is 26.8 Å². The Labute approximate surface area is 109 Å². The molecule has 0 fully saturated rings. The van der Waals surface area contributed by atoms with Gasteiger partial charge in [-0.3, -0.25) is 0 Å². The molecule has 1 aromatic heterocycles. The van der Waals surface area contributed by atoms with E-state index in [1.165, 1.54) is 0 Å². The van der Waals surface area contributed by atoms with Gasteiger partial charge in [0.1, 0.15) is 0 Å². The molecule has 5 nitrogen and oxygen atoms in total. The minimum Gasteiger partial charge on any atom is -0.398 e. The first kappa shape index (κ1) is 13.4. The number of halogens is 2. The minimum absolute atomic E-state index is 0.111. The van der Waals surface area contributed by atoms with Crippen LogP contribution in [0.4, 0.5) is 14.5 Å². The van der Waals surface area contributed by atoms with E-state index in [1.807, 2.05) is 0 Å². The lowest BCUT2D eigenvalue weighted by atomic mass is 10.1. The van der Waals surface area contributed by atoms with E-state index >= 15 is 0 Å². The van der Waals surface area contributed by atoms with Gasteiger partial charge in [0.2, 0.25) is 0 Å². The first-order valence-electron chi connectivity index (χ1n) is 6.00. The monoisotopic (exact) mass is 267 g/mol. The first-order valence-corrected chi connectivity index (χ1v) is 6.00. The smallest absolute Gasteiger partial charge is 0.184 e. The number of hydrogen-bond donors (Lipinski definition) is 1. The molecule has 2 rings (SSSR count). The van der Waals surface area contributed by atoms with Crippen molar-refractivity contribution in [3.63, 3.8) is 0 Å². The van der Waals surface area contributed by atoms with Crippen LogP contribution in [0, 0.1) is 17.6 Å². The van der Waals surface area contributed by atoms with Crippen molar-refractivity contribution in [2.75, 3.05) is 5.73 Å². The molecule has 19 heavy (non-hydrogen) atoms. The molecule has 102 valence electrons. The fourth-order valence-corrected chi connectivity index (χ4v) is 1.68. The van der Waals surface area contributed by atoms with Gasteiger partial charge in [-0.25, -0.2) is 13.5 Å². The van der Waals surface area contributed by atoms with Gasteiger partial charge in [-0.2, -0.15) is 0 Å². The number of nitrogens with zero attached hydrogens (tertiary/aromatic N) is 4.